The van der Waals surface area contributed by atoms with E-state index in [0.29, 0.717) is 0 Å². The summed E-state index contributed by atoms with van der Waals surface area (Å²) in [6.07, 6.45) is 13.8. The van der Waals surface area contributed by atoms with Crippen molar-refractivity contribution in [1.29, 1.82) is 0 Å². The van der Waals surface area contributed by atoms with Crippen molar-refractivity contribution < 1.29 is 0 Å². The number of hydrogen-bond acceptors (Lipinski definition) is 2. The molecule has 0 saturated carbocycles. The van der Waals surface area contributed by atoms with E-state index < -0.39 is 0 Å². The summed E-state index contributed by atoms with van der Waals surface area (Å²) in [7, 11) is 0. The van der Waals surface area contributed by atoms with Crippen molar-refractivity contribution >= 4 is 52.3 Å². The van der Waals surface area contributed by atoms with Crippen molar-refractivity contribution in [2.75, 3.05) is 0 Å². The molecule has 30 heavy (non-hydrogen) atoms. The summed E-state index contributed by atoms with van der Waals surface area (Å²) in [5.41, 5.74) is 7.22. The maximum atomic E-state index is 4.48. The second-order valence-electron chi connectivity index (χ2n) is 7.57. The summed E-state index contributed by atoms with van der Waals surface area (Å²) in [5.74, 6) is 0. The van der Waals surface area contributed by atoms with E-state index in [1.165, 1.54) is 43.4 Å². The van der Waals surface area contributed by atoms with Gasteiger partial charge in [0, 0.05) is 31.6 Å². The molecule has 150 valence electrons. The van der Waals surface area contributed by atoms with Gasteiger partial charge in [0.25, 0.3) is 0 Å². The monoisotopic (exact) mass is 427 g/mol. The van der Waals surface area contributed by atoms with E-state index in [9.17, 15) is 0 Å². The number of fused-ring (bicyclic) bond motifs is 4. The highest BCUT2D eigenvalue weighted by atomic mass is 32.2. The Labute approximate surface area is 188 Å². The van der Waals surface area contributed by atoms with Gasteiger partial charge in [-0.05, 0) is 66.7 Å². The summed E-state index contributed by atoms with van der Waals surface area (Å²) in [6, 6.07) is 13.1. The van der Waals surface area contributed by atoms with Crippen LogP contribution in [-0.2, 0) is 0 Å². The van der Waals surface area contributed by atoms with Gasteiger partial charge in [0.2, 0.25) is 0 Å². The van der Waals surface area contributed by atoms with Crippen LogP contribution in [0.2, 0.25) is 0 Å². The van der Waals surface area contributed by atoms with Crippen molar-refractivity contribution in [1.82, 2.24) is 4.98 Å². The first-order valence-electron chi connectivity index (χ1n) is 10.00. The molecule has 1 aliphatic heterocycles. The molecule has 0 amide bonds. The Hall–Kier alpha value is -2.62. The number of para-hydroxylation sites is 1. The van der Waals surface area contributed by atoms with Crippen LogP contribution in [0, 0.1) is 0 Å². The van der Waals surface area contributed by atoms with E-state index in [2.05, 4.69) is 91.8 Å². The highest BCUT2D eigenvalue weighted by molar-refractivity contribution is 8.04. The average molecular weight is 428 g/mol. The minimum absolute atomic E-state index is 0.874. The second-order valence-corrected chi connectivity index (χ2v) is 8.95. The molecule has 0 aliphatic carbocycles. The molecule has 4 rings (SSSR count). The number of rotatable bonds is 4. The lowest BCUT2D eigenvalue weighted by molar-refractivity contribution is 1.21. The molecule has 0 atom stereocenters. The topological polar surface area (TPSA) is 15.8 Å². The van der Waals surface area contributed by atoms with Gasteiger partial charge in [-0.1, -0.05) is 72.5 Å². The minimum Gasteiger partial charge on any atom is -0.354 e. The summed E-state index contributed by atoms with van der Waals surface area (Å²) in [5, 5.41) is 4.43. The van der Waals surface area contributed by atoms with Crippen LogP contribution in [0.5, 0.6) is 0 Å². The van der Waals surface area contributed by atoms with Crippen LogP contribution < -0.4 is 0 Å². The summed E-state index contributed by atoms with van der Waals surface area (Å²) < 4.78 is 0. The molecule has 0 fully saturated rings. The highest BCUT2D eigenvalue weighted by Gasteiger charge is 2.14. The predicted octanol–water partition coefficient (Wildman–Crippen LogP) is 8.61. The molecule has 2 heterocycles. The molecule has 1 aromatic heterocycles. The number of allylic oxidation sites excluding steroid dienone is 8. The molecule has 0 unspecified atom stereocenters. The largest absolute Gasteiger partial charge is 0.354 e. The van der Waals surface area contributed by atoms with Crippen molar-refractivity contribution in [3.63, 3.8) is 0 Å². The normalized spacial score (nSPS) is 16.2. The molecule has 0 saturated heterocycles. The minimum atomic E-state index is 0.874. The molecule has 2 aromatic carbocycles. The van der Waals surface area contributed by atoms with Crippen molar-refractivity contribution in [2.45, 2.75) is 25.2 Å². The average Bonchev–Trinajstić information content (AvgIpc) is 3.08. The van der Waals surface area contributed by atoms with Crippen LogP contribution in [-0.4, -0.2) is 4.98 Å². The fraction of sp³-hybridized carbons (Fsp3) is 0.111. The van der Waals surface area contributed by atoms with Crippen molar-refractivity contribution in [3.05, 3.63) is 106 Å². The maximum absolute atomic E-state index is 4.48. The van der Waals surface area contributed by atoms with Crippen molar-refractivity contribution in [2.24, 2.45) is 0 Å². The van der Waals surface area contributed by atoms with Crippen LogP contribution in [0.3, 0.4) is 0 Å². The van der Waals surface area contributed by atoms with Gasteiger partial charge >= 0.3 is 0 Å². The van der Waals surface area contributed by atoms with Gasteiger partial charge in [0.05, 0.1) is 0 Å². The van der Waals surface area contributed by atoms with Gasteiger partial charge in [0.1, 0.15) is 0 Å². The Morgan fingerprint density at radius 1 is 1.10 bits per heavy atom. The zero-order chi connectivity index (χ0) is 21.1. The van der Waals surface area contributed by atoms with Crippen LogP contribution in [0.25, 0.3) is 27.9 Å². The Morgan fingerprint density at radius 2 is 1.93 bits per heavy atom. The number of H-pyrrole nitrogens is 1. The van der Waals surface area contributed by atoms with Crippen LogP contribution in [0.4, 0.5) is 0 Å². The third-order valence-electron chi connectivity index (χ3n) is 5.15. The van der Waals surface area contributed by atoms with E-state index >= 15 is 0 Å². The molecular weight excluding hydrogens is 402 g/mol. The van der Waals surface area contributed by atoms with E-state index in [1.807, 2.05) is 24.5 Å². The van der Waals surface area contributed by atoms with Gasteiger partial charge in [-0.15, -0.1) is 0 Å². The predicted molar refractivity (Wildman–Crippen MR) is 138 cm³/mol. The van der Waals surface area contributed by atoms with Gasteiger partial charge in [-0.3, -0.25) is 0 Å². The van der Waals surface area contributed by atoms with Crippen LogP contribution >= 0.6 is 24.4 Å². The lowest BCUT2D eigenvalue weighted by atomic mass is 9.99. The van der Waals surface area contributed by atoms with E-state index in [4.69, 9.17) is 0 Å². The fourth-order valence-corrected chi connectivity index (χ4v) is 4.79. The molecule has 1 N–H and O–H groups in total. The summed E-state index contributed by atoms with van der Waals surface area (Å²) in [4.78, 5) is 5.94. The SMILES string of the molecule is C=C(C)/C=C\C=C/CC1=C/C(=C/S)Sc2cc3[nH]c4ccccc4c3cc2C=C1C. The van der Waals surface area contributed by atoms with Gasteiger partial charge in [-0.2, -0.15) is 12.6 Å². The molecular formula is C27H25NS2. The van der Waals surface area contributed by atoms with Crippen LogP contribution in [0.1, 0.15) is 25.8 Å². The summed E-state index contributed by atoms with van der Waals surface area (Å²) >= 11 is 6.24. The zero-order valence-electron chi connectivity index (χ0n) is 17.3. The molecule has 3 heteroatoms. The van der Waals surface area contributed by atoms with Crippen LogP contribution in [0.15, 0.2) is 105 Å². The number of aromatic amines is 1. The molecule has 0 radical (unpaired) electrons. The highest BCUT2D eigenvalue weighted by Crippen LogP contribution is 2.40. The molecule has 0 bridgehead atoms. The van der Waals surface area contributed by atoms with Gasteiger partial charge in [-0.25, -0.2) is 0 Å². The Morgan fingerprint density at radius 3 is 2.73 bits per heavy atom. The smallest absolute Gasteiger partial charge is 0.0476 e. The standard InChI is InChI=1S/C27H25NS2/c1-18(2)9-5-4-6-10-20-14-22(17-29)30-27-16-26-24(15-21(27)13-19(20)3)23-11-7-8-12-25(23)28-26/h4-9,11-17,28-29H,1,10H2,2-3H3/b6-4-,9-5-,19-13?,20-14?,22-17-. The first-order chi connectivity index (χ1) is 14.5. The Balaban J connectivity index is 1.75. The third-order valence-corrected chi connectivity index (χ3v) is 6.65. The number of thiol groups is 1. The molecule has 1 aliphatic rings. The van der Waals surface area contributed by atoms with E-state index in [0.717, 1.165) is 16.9 Å². The first kappa shape index (κ1) is 20.6. The van der Waals surface area contributed by atoms with Gasteiger partial charge < -0.3 is 4.98 Å². The Kier molecular flexibility index (Phi) is 6.21. The fourth-order valence-electron chi connectivity index (χ4n) is 3.64. The zero-order valence-corrected chi connectivity index (χ0v) is 19.0. The number of thioether (sulfide) groups is 1. The number of aromatic nitrogens is 1. The second kappa shape index (κ2) is 9.03. The van der Waals surface area contributed by atoms with Crippen molar-refractivity contribution in [3.8, 4) is 0 Å². The third kappa shape index (κ3) is 4.43. The van der Waals surface area contributed by atoms with E-state index in [-0.39, 0.29) is 0 Å². The molecule has 1 nitrogen and oxygen atoms in total. The number of hydrogen-bond donors (Lipinski definition) is 2. The maximum Gasteiger partial charge on any atom is 0.0476 e. The molecule has 0 spiro atoms. The lowest BCUT2D eigenvalue weighted by Gasteiger charge is -2.15. The quantitative estimate of drug-likeness (QED) is 0.314. The van der Waals surface area contributed by atoms with Gasteiger partial charge in [0.15, 0.2) is 0 Å². The number of nitrogens with one attached hydrogen (secondary N) is 1. The summed E-state index contributed by atoms with van der Waals surface area (Å²) in [6.45, 7) is 8.09. The first-order valence-corrected chi connectivity index (χ1v) is 11.3. The lowest BCUT2D eigenvalue weighted by Crippen LogP contribution is -1.92. The number of benzene rings is 2. The Bertz CT molecular complexity index is 1280. The molecule has 3 aromatic rings. The van der Waals surface area contributed by atoms with E-state index in [1.54, 1.807) is 11.8 Å².